The maximum absolute atomic E-state index is 11.5. The van der Waals surface area contributed by atoms with Crippen molar-refractivity contribution in [3.05, 3.63) is 47.4 Å². The zero-order valence-electron chi connectivity index (χ0n) is 17.3. The van der Waals surface area contributed by atoms with Crippen LogP contribution in [-0.4, -0.2) is 51.9 Å². The van der Waals surface area contributed by atoms with E-state index in [4.69, 9.17) is 18.6 Å². The minimum absolute atomic E-state index is 0.250. The lowest BCUT2D eigenvalue weighted by atomic mass is 9.98. The summed E-state index contributed by atoms with van der Waals surface area (Å²) in [5, 5.41) is 0. The van der Waals surface area contributed by atoms with E-state index in [2.05, 4.69) is 9.64 Å². The van der Waals surface area contributed by atoms with Crippen molar-refractivity contribution in [2.45, 2.75) is 26.0 Å². The molecule has 1 saturated heterocycles. The summed E-state index contributed by atoms with van der Waals surface area (Å²) in [5.74, 6) is 2.67. The first-order chi connectivity index (χ1) is 14.1. The molecule has 2 heterocycles. The molecule has 1 fully saturated rings. The number of piperidine rings is 1. The summed E-state index contributed by atoms with van der Waals surface area (Å²) in [5.41, 5.74) is 1.04. The highest BCUT2D eigenvalue weighted by molar-refractivity contribution is 5.86. The summed E-state index contributed by atoms with van der Waals surface area (Å²) in [6, 6.07) is 9.29. The van der Waals surface area contributed by atoms with E-state index in [0.29, 0.717) is 19.1 Å². The van der Waals surface area contributed by atoms with Gasteiger partial charge in [-0.3, -0.25) is 4.90 Å². The van der Waals surface area contributed by atoms with Crippen molar-refractivity contribution in [1.29, 1.82) is 0 Å². The number of ether oxygens (including phenoxy) is 4. The molecule has 0 saturated carbocycles. The molecule has 0 atom stereocenters. The summed E-state index contributed by atoms with van der Waals surface area (Å²) >= 11 is 0. The maximum atomic E-state index is 11.5. The van der Waals surface area contributed by atoms with E-state index in [1.54, 1.807) is 20.3 Å². The van der Waals surface area contributed by atoms with Gasteiger partial charge in [0, 0.05) is 12.7 Å². The predicted molar refractivity (Wildman–Crippen MR) is 107 cm³/mol. The molecule has 1 aromatic heterocycles. The Hall–Kier alpha value is -2.51. The summed E-state index contributed by atoms with van der Waals surface area (Å²) in [6.07, 6.45) is 2.15. The van der Waals surface area contributed by atoms with Crippen LogP contribution in [0.1, 0.15) is 34.7 Å². The number of hydrogen-bond donors (Lipinski definition) is 0. The highest BCUT2D eigenvalue weighted by atomic mass is 16.5. The first-order valence-corrected chi connectivity index (χ1v) is 9.80. The Morgan fingerprint density at radius 3 is 2.38 bits per heavy atom. The number of benzene rings is 1. The van der Waals surface area contributed by atoms with Gasteiger partial charge in [-0.05, 0) is 61.7 Å². The smallest absolute Gasteiger partial charge is 0.373 e. The van der Waals surface area contributed by atoms with Gasteiger partial charge >= 0.3 is 5.97 Å². The van der Waals surface area contributed by atoms with E-state index >= 15 is 0 Å². The maximum Gasteiger partial charge on any atom is 0.373 e. The zero-order chi connectivity index (χ0) is 20.6. The summed E-state index contributed by atoms with van der Waals surface area (Å²) in [4.78, 5) is 13.8. The fourth-order valence-electron chi connectivity index (χ4n) is 3.50. The van der Waals surface area contributed by atoms with E-state index in [0.717, 1.165) is 55.4 Å². The normalized spacial score (nSPS) is 15.3. The van der Waals surface area contributed by atoms with Gasteiger partial charge in [-0.15, -0.1) is 0 Å². The van der Waals surface area contributed by atoms with Gasteiger partial charge in [-0.25, -0.2) is 4.79 Å². The molecule has 1 aliphatic rings. The van der Waals surface area contributed by atoms with Crippen molar-refractivity contribution in [1.82, 2.24) is 4.90 Å². The van der Waals surface area contributed by atoms with Gasteiger partial charge in [0.1, 0.15) is 17.3 Å². The molecule has 0 amide bonds. The van der Waals surface area contributed by atoms with E-state index in [9.17, 15) is 4.79 Å². The average molecular weight is 403 g/mol. The first-order valence-electron chi connectivity index (χ1n) is 9.80. The minimum atomic E-state index is -0.444. The van der Waals surface area contributed by atoms with Gasteiger partial charge < -0.3 is 23.4 Å². The van der Waals surface area contributed by atoms with Crippen LogP contribution in [0.15, 0.2) is 34.7 Å². The third-order valence-corrected chi connectivity index (χ3v) is 5.17. The molecule has 7 nitrogen and oxygen atoms in total. The molecule has 0 radical (unpaired) electrons. The van der Waals surface area contributed by atoms with Gasteiger partial charge in [-0.1, -0.05) is 0 Å². The second-order valence-corrected chi connectivity index (χ2v) is 7.21. The molecule has 158 valence electrons. The number of hydrogen-bond acceptors (Lipinski definition) is 7. The zero-order valence-corrected chi connectivity index (χ0v) is 17.3. The highest BCUT2D eigenvalue weighted by Crippen LogP contribution is 2.24. The van der Waals surface area contributed by atoms with E-state index < -0.39 is 5.97 Å². The van der Waals surface area contributed by atoms with Crippen molar-refractivity contribution in [2.24, 2.45) is 5.92 Å². The number of likely N-dealkylation sites (tertiary alicyclic amines) is 1. The molecule has 2 aromatic rings. The molecule has 3 rings (SSSR count). The lowest BCUT2D eigenvalue weighted by Gasteiger charge is -2.31. The Morgan fingerprint density at radius 2 is 1.76 bits per heavy atom. The molecule has 7 heteroatoms. The Morgan fingerprint density at radius 1 is 1.07 bits per heavy atom. The van der Waals surface area contributed by atoms with Crippen LogP contribution in [0.3, 0.4) is 0 Å². The Bertz CT molecular complexity index is 772. The molecular weight excluding hydrogens is 374 g/mol. The van der Waals surface area contributed by atoms with E-state index in [1.165, 1.54) is 7.11 Å². The van der Waals surface area contributed by atoms with Crippen molar-refractivity contribution in [3.63, 3.8) is 0 Å². The topological polar surface area (TPSA) is 70.4 Å². The van der Waals surface area contributed by atoms with Crippen LogP contribution in [0.4, 0.5) is 0 Å². The van der Waals surface area contributed by atoms with Crippen LogP contribution >= 0.6 is 0 Å². The van der Waals surface area contributed by atoms with Crippen LogP contribution in [0, 0.1) is 5.92 Å². The van der Waals surface area contributed by atoms with Crippen molar-refractivity contribution < 1.29 is 28.2 Å². The fourth-order valence-corrected chi connectivity index (χ4v) is 3.50. The van der Waals surface area contributed by atoms with Crippen molar-refractivity contribution >= 4 is 5.97 Å². The second-order valence-electron chi connectivity index (χ2n) is 7.21. The van der Waals surface area contributed by atoms with Crippen molar-refractivity contribution in [3.8, 4) is 11.5 Å². The van der Waals surface area contributed by atoms with E-state index in [1.807, 2.05) is 24.3 Å². The summed E-state index contributed by atoms with van der Waals surface area (Å²) in [6.45, 7) is 3.94. The molecule has 0 bridgehead atoms. The molecule has 1 aromatic carbocycles. The summed E-state index contributed by atoms with van der Waals surface area (Å²) < 4.78 is 26.8. The molecule has 0 N–H and O–H groups in total. The molecule has 0 unspecified atom stereocenters. The van der Waals surface area contributed by atoms with Gasteiger partial charge in [0.05, 0.1) is 34.5 Å². The van der Waals surface area contributed by atoms with Gasteiger partial charge in [0.15, 0.2) is 0 Å². The number of esters is 1. The lowest BCUT2D eigenvalue weighted by Crippen LogP contribution is -2.34. The fraction of sp³-hybridized carbons (Fsp3) is 0.500. The number of nitrogens with zero attached hydrogens (tertiary/aromatic N) is 1. The highest BCUT2D eigenvalue weighted by Gasteiger charge is 2.21. The standard InChI is InChI=1S/C22H29NO6/c1-25-19-10-17(11-20(12-19)26-2)15-28-14-16-6-8-23(9-7-16)13-18-4-5-21(29-18)22(24)27-3/h4-5,10-12,16H,6-9,13-15H2,1-3H3. The van der Waals surface area contributed by atoms with Gasteiger partial charge in [-0.2, -0.15) is 0 Å². The number of rotatable bonds is 9. The molecule has 0 spiro atoms. The van der Waals surface area contributed by atoms with Gasteiger partial charge in [0.25, 0.3) is 0 Å². The Kier molecular flexibility index (Phi) is 7.55. The number of carbonyl (C=O) groups excluding carboxylic acids is 1. The SMILES string of the molecule is COC(=O)c1ccc(CN2CCC(COCc3cc(OC)cc(OC)c3)CC2)o1. The third kappa shape index (κ3) is 5.98. The Balaban J connectivity index is 1.40. The quantitative estimate of drug-likeness (QED) is 0.593. The van der Waals surface area contributed by atoms with Crippen LogP contribution in [0.25, 0.3) is 0 Å². The molecule has 1 aliphatic heterocycles. The first kappa shape index (κ1) is 21.2. The minimum Gasteiger partial charge on any atom is -0.497 e. The average Bonchev–Trinajstić information content (AvgIpc) is 3.22. The molecular formula is C22H29NO6. The third-order valence-electron chi connectivity index (χ3n) is 5.17. The lowest BCUT2D eigenvalue weighted by molar-refractivity contribution is 0.0526. The van der Waals surface area contributed by atoms with E-state index in [-0.39, 0.29) is 5.76 Å². The Labute approximate surface area is 171 Å². The number of carbonyl (C=O) groups is 1. The van der Waals surface area contributed by atoms with Crippen LogP contribution in [0.5, 0.6) is 11.5 Å². The molecule has 0 aliphatic carbocycles. The number of furan rings is 1. The number of methoxy groups -OCH3 is 3. The second kappa shape index (κ2) is 10.3. The van der Waals surface area contributed by atoms with Crippen molar-refractivity contribution in [2.75, 3.05) is 41.0 Å². The monoisotopic (exact) mass is 403 g/mol. The summed E-state index contributed by atoms with van der Waals surface area (Å²) in [7, 11) is 4.64. The van der Waals surface area contributed by atoms with Crippen LogP contribution in [-0.2, 0) is 22.6 Å². The van der Waals surface area contributed by atoms with Gasteiger partial charge in [0.2, 0.25) is 5.76 Å². The van der Waals surface area contributed by atoms with Crippen LogP contribution in [0.2, 0.25) is 0 Å². The van der Waals surface area contributed by atoms with Crippen LogP contribution < -0.4 is 9.47 Å². The molecule has 29 heavy (non-hydrogen) atoms. The largest absolute Gasteiger partial charge is 0.497 e. The predicted octanol–water partition coefficient (Wildman–Crippen LogP) is 3.51.